The lowest BCUT2D eigenvalue weighted by Crippen LogP contribution is -2.34. The Kier molecular flexibility index (Phi) is 7.12. The molecule has 0 radical (unpaired) electrons. The van der Waals surface area contributed by atoms with E-state index >= 15 is 0 Å². The molecule has 1 N–H and O–H groups in total. The number of nitrogens with zero attached hydrogens (tertiary/aromatic N) is 2. The molecule has 4 aromatic rings. The van der Waals surface area contributed by atoms with Gasteiger partial charge in [-0.05, 0) is 55.2 Å². The first-order chi connectivity index (χ1) is 18.2. The highest BCUT2D eigenvalue weighted by molar-refractivity contribution is 6.30. The Bertz CT molecular complexity index is 1530. The molecule has 1 atom stereocenters. The summed E-state index contributed by atoms with van der Waals surface area (Å²) in [4.78, 5) is 29.5. The number of hydrogen-bond acceptors (Lipinski definition) is 4. The number of imidazole rings is 1. The van der Waals surface area contributed by atoms with Crippen molar-refractivity contribution in [1.29, 1.82) is 0 Å². The van der Waals surface area contributed by atoms with Crippen LogP contribution < -0.4 is 10.4 Å². The zero-order chi connectivity index (χ0) is 27.0. The van der Waals surface area contributed by atoms with E-state index in [2.05, 4.69) is 10.3 Å². The normalized spacial score (nSPS) is 14.9. The molecular formula is C28H22ClF3N3O3-. The van der Waals surface area contributed by atoms with Crippen molar-refractivity contribution in [2.24, 2.45) is 5.92 Å². The molecule has 0 spiro atoms. The van der Waals surface area contributed by atoms with Gasteiger partial charge in [-0.1, -0.05) is 36.9 Å². The van der Waals surface area contributed by atoms with Gasteiger partial charge in [-0.15, -0.1) is 0 Å². The summed E-state index contributed by atoms with van der Waals surface area (Å²) in [5.41, 5.74) is 0.367. The summed E-state index contributed by atoms with van der Waals surface area (Å²) in [7, 11) is 0. The van der Waals surface area contributed by atoms with Gasteiger partial charge in [0.15, 0.2) is 11.6 Å². The highest BCUT2D eigenvalue weighted by Gasteiger charge is 2.35. The topological polar surface area (TPSA) is 87.0 Å². The molecule has 1 amide bonds. The van der Waals surface area contributed by atoms with Crippen molar-refractivity contribution < 1.29 is 27.9 Å². The molecule has 0 unspecified atom stereocenters. The van der Waals surface area contributed by atoms with Gasteiger partial charge in [0.1, 0.15) is 17.7 Å². The largest absolute Gasteiger partial charge is 0.545 e. The van der Waals surface area contributed by atoms with Crippen LogP contribution in [-0.4, -0.2) is 21.4 Å². The zero-order valence-electron chi connectivity index (χ0n) is 20.0. The SMILES string of the molecule is O=C([O-])c1ccc(NC(=O)[C@H](C2CCCCC2)n2c(-c3ccc(Cl)cc3)nc3cc(F)c(F)cc32)c(F)c1. The monoisotopic (exact) mass is 540 g/mol. The van der Waals surface area contributed by atoms with Crippen LogP contribution in [0.1, 0.15) is 48.5 Å². The number of hydrogen-bond donors (Lipinski definition) is 1. The van der Waals surface area contributed by atoms with Crippen LogP contribution in [0.5, 0.6) is 0 Å². The maximum atomic E-state index is 14.7. The molecule has 10 heteroatoms. The fraction of sp³-hybridized carbons (Fsp3) is 0.250. The van der Waals surface area contributed by atoms with Crippen molar-refractivity contribution in [3.63, 3.8) is 0 Å². The number of halogens is 4. The summed E-state index contributed by atoms with van der Waals surface area (Å²) in [5, 5.41) is 14.1. The number of benzene rings is 3. The molecule has 1 saturated carbocycles. The second-order valence-electron chi connectivity index (χ2n) is 9.38. The quantitative estimate of drug-likeness (QED) is 0.330. The third kappa shape index (κ3) is 4.98. The fourth-order valence-electron chi connectivity index (χ4n) is 5.12. The standard InChI is InChI=1S/C28H23ClF3N3O3/c29-18-9-6-16(7-10-18)26-33-23-13-19(30)20(31)14-24(23)35(26)25(15-4-2-1-3-5-15)27(36)34-22-11-8-17(28(37)38)12-21(22)32/h6-15,25H,1-5H2,(H,34,36)(H,37,38)/p-1/t25-/m0/s1. The first-order valence-corrected chi connectivity index (χ1v) is 12.6. The van der Waals surface area contributed by atoms with Crippen molar-refractivity contribution in [3.05, 3.63) is 82.6 Å². The van der Waals surface area contributed by atoms with Crippen LogP contribution in [0.2, 0.25) is 5.02 Å². The minimum atomic E-state index is -1.55. The van der Waals surface area contributed by atoms with Crippen LogP contribution in [0.4, 0.5) is 18.9 Å². The minimum absolute atomic E-state index is 0.159. The van der Waals surface area contributed by atoms with Crippen molar-refractivity contribution >= 4 is 40.2 Å². The van der Waals surface area contributed by atoms with Gasteiger partial charge in [0.05, 0.1) is 22.7 Å². The van der Waals surface area contributed by atoms with E-state index in [4.69, 9.17) is 11.6 Å². The van der Waals surface area contributed by atoms with Crippen molar-refractivity contribution in [1.82, 2.24) is 9.55 Å². The predicted octanol–water partition coefficient (Wildman–Crippen LogP) is 5.90. The number of carbonyl (C=O) groups is 2. The number of nitrogens with one attached hydrogen (secondary N) is 1. The summed E-state index contributed by atoms with van der Waals surface area (Å²) in [6.45, 7) is 0. The van der Waals surface area contributed by atoms with Crippen molar-refractivity contribution in [2.45, 2.75) is 38.1 Å². The lowest BCUT2D eigenvalue weighted by Gasteiger charge is -2.32. The number of fused-ring (bicyclic) bond motifs is 1. The number of carbonyl (C=O) groups excluding carboxylic acids is 2. The lowest BCUT2D eigenvalue weighted by atomic mass is 9.83. The van der Waals surface area contributed by atoms with Gasteiger partial charge < -0.3 is 19.8 Å². The number of anilines is 1. The van der Waals surface area contributed by atoms with E-state index < -0.39 is 35.4 Å². The molecule has 1 heterocycles. The average molecular weight is 541 g/mol. The molecule has 0 saturated heterocycles. The summed E-state index contributed by atoms with van der Waals surface area (Å²) >= 11 is 6.06. The van der Waals surface area contributed by atoms with E-state index in [0.717, 1.165) is 49.6 Å². The molecule has 38 heavy (non-hydrogen) atoms. The first kappa shape index (κ1) is 25.8. The van der Waals surface area contributed by atoms with E-state index in [1.165, 1.54) is 0 Å². The van der Waals surface area contributed by atoms with Crippen molar-refractivity contribution in [3.8, 4) is 11.4 Å². The molecule has 1 fully saturated rings. The van der Waals surface area contributed by atoms with Crippen LogP contribution >= 0.6 is 11.6 Å². The Labute approximate surface area is 221 Å². The molecule has 5 rings (SSSR count). The van der Waals surface area contributed by atoms with E-state index in [0.29, 0.717) is 29.3 Å². The van der Waals surface area contributed by atoms with Gasteiger partial charge in [0.25, 0.3) is 0 Å². The number of amides is 1. The Balaban J connectivity index is 1.67. The average Bonchev–Trinajstić information content (AvgIpc) is 3.24. The molecule has 0 aliphatic heterocycles. The Hall–Kier alpha value is -3.85. The van der Waals surface area contributed by atoms with E-state index in [9.17, 15) is 27.9 Å². The molecule has 0 bridgehead atoms. The number of carboxylic acids is 1. The van der Waals surface area contributed by atoms with E-state index in [-0.39, 0.29) is 28.2 Å². The molecular weight excluding hydrogens is 519 g/mol. The summed E-state index contributed by atoms with van der Waals surface area (Å²) in [5.74, 6) is -5.13. The second-order valence-corrected chi connectivity index (χ2v) is 9.82. The number of carboxylic acid groups (broad SMARTS) is 1. The van der Waals surface area contributed by atoms with Crippen LogP contribution in [0.15, 0.2) is 54.6 Å². The van der Waals surface area contributed by atoms with Crippen LogP contribution in [0, 0.1) is 23.4 Å². The molecule has 3 aromatic carbocycles. The lowest BCUT2D eigenvalue weighted by molar-refractivity contribution is -0.255. The first-order valence-electron chi connectivity index (χ1n) is 12.2. The minimum Gasteiger partial charge on any atom is -0.545 e. The maximum Gasteiger partial charge on any atom is 0.247 e. The van der Waals surface area contributed by atoms with Crippen LogP contribution in [0.3, 0.4) is 0 Å². The molecule has 1 aromatic heterocycles. The zero-order valence-corrected chi connectivity index (χ0v) is 20.8. The summed E-state index contributed by atoms with van der Waals surface area (Å²) in [6.07, 6.45) is 4.12. The molecule has 196 valence electrons. The Morgan fingerprint density at radius 3 is 2.29 bits per heavy atom. The smallest absolute Gasteiger partial charge is 0.247 e. The number of rotatable bonds is 6. The number of aromatic carboxylic acids is 1. The second kappa shape index (κ2) is 10.5. The third-order valence-corrected chi connectivity index (χ3v) is 7.19. The van der Waals surface area contributed by atoms with Gasteiger partial charge >= 0.3 is 0 Å². The van der Waals surface area contributed by atoms with Crippen LogP contribution in [0.25, 0.3) is 22.4 Å². The Morgan fingerprint density at radius 2 is 1.63 bits per heavy atom. The summed E-state index contributed by atoms with van der Waals surface area (Å²) < 4.78 is 44.9. The van der Waals surface area contributed by atoms with Gasteiger partial charge in [-0.3, -0.25) is 4.79 Å². The fourth-order valence-corrected chi connectivity index (χ4v) is 5.24. The third-order valence-electron chi connectivity index (χ3n) is 6.94. The van der Waals surface area contributed by atoms with E-state index in [1.807, 2.05) is 0 Å². The van der Waals surface area contributed by atoms with E-state index in [1.54, 1.807) is 28.8 Å². The van der Waals surface area contributed by atoms with Crippen molar-refractivity contribution in [2.75, 3.05) is 5.32 Å². The summed E-state index contributed by atoms with van der Waals surface area (Å²) in [6, 6.07) is 10.8. The van der Waals surface area contributed by atoms with Gasteiger partial charge in [0, 0.05) is 28.3 Å². The highest BCUT2D eigenvalue weighted by atomic mass is 35.5. The molecule has 1 aliphatic rings. The van der Waals surface area contributed by atoms with Gasteiger partial charge in [-0.2, -0.15) is 0 Å². The predicted molar refractivity (Wildman–Crippen MR) is 135 cm³/mol. The molecule has 6 nitrogen and oxygen atoms in total. The Morgan fingerprint density at radius 1 is 0.947 bits per heavy atom. The van der Waals surface area contributed by atoms with Gasteiger partial charge in [0.2, 0.25) is 5.91 Å². The van der Waals surface area contributed by atoms with Crippen LogP contribution in [-0.2, 0) is 4.79 Å². The van der Waals surface area contributed by atoms with Gasteiger partial charge in [-0.25, -0.2) is 18.2 Å². The highest BCUT2D eigenvalue weighted by Crippen LogP contribution is 2.39. The maximum absolute atomic E-state index is 14.7. The molecule has 1 aliphatic carbocycles. The number of aromatic nitrogens is 2.